The molecule has 0 saturated heterocycles. The second-order valence-electron chi connectivity index (χ2n) is 13.5. The van der Waals surface area contributed by atoms with E-state index in [0.29, 0.717) is 26.4 Å². The maximum absolute atomic E-state index is 6.11. The number of rotatable bonds is 28. The van der Waals surface area contributed by atoms with Gasteiger partial charge in [0.05, 0.1) is 27.1 Å². The summed E-state index contributed by atoms with van der Waals surface area (Å²) >= 11 is 0. The van der Waals surface area contributed by atoms with E-state index >= 15 is 0 Å². The van der Waals surface area contributed by atoms with E-state index in [1.807, 2.05) is 14.2 Å². The molecule has 4 radical (unpaired) electrons. The molecule has 0 aliphatic carbocycles. The van der Waals surface area contributed by atoms with Gasteiger partial charge in [-0.2, -0.15) is 0 Å². The van der Waals surface area contributed by atoms with E-state index in [0.717, 1.165) is 60.0 Å². The Balaban J connectivity index is 3.21. The van der Waals surface area contributed by atoms with E-state index < -0.39 is 43.3 Å². The van der Waals surface area contributed by atoms with Crippen LogP contribution in [-0.2, 0) is 33.0 Å². The van der Waals surface area contributed by atoms with Crippen molar-refractivity contribution in [3.8, 4) is 0 Å². The molecule has 0 bridgehead atoms. The summed E-state index contributed by atoms with van der Waals surface area (Å²) in [7, 11) is -3.49. The van der Waals surface area contributed by atoms with E-state index in [1.54, 1.807) is 15.9 Å². The van der Waals surface area contributed by atoms with Gasteiger partial charge < -0.3 is 37.2 Å². The van der Waals surface area contributed by atoms with Gasteiger partial charge in [-0.1, -0.05) is 61.7 Å². The minimum atomic E-state index is -2.37. The fourth-order valence-corrected chi connectivity index (χ4v) is 18.4. The normalized spacial score (nSPS) is 13.8. The van der Waals surface area contributed by atoms with Gasteiger partial charge in [0.2, 0.25) is 0 Å². The van der Waals surface area contributed by atoms with Crippen LogP contribution in [0, 0.1) is 0 Å². The molecule has 1 aromatic carbocycles. The van der Waals surface area contributed by atoms with Gasteiger partial charge in [-0.3, -0.25) is 0 Å². The maximum Gasteiger partial charge on any atom is 0.341 e. The Morgan fingerprint density at radius 3 is 1.56 bits per heavy atom. The number of benzene rings is 1. The lowest BCUT2D eigenvalue weighted by molar-refractivity contribution is 0.188. The molecule has 0 saturated carbocycles. The number of nitrogens with one attached hydrogen (secondary N) is 2. The third kappa shape index (κ3) is 15.0. The molecular formula is C34H72N2O6Si6. The highest BCUT2D eigenvalue weighted by atomic mass is 28.4. The highest BCUT2D eigenvalue weighted by molar-refractivity contribution is 6.82. The Bertz CT molecular complexity index is 979. The Morgan fingerprint density at radius 2 is 1.19 bits per heavy atom. The Morgan fingerprint density at radius 1 is 0.729 bits per heavy atom. The van der Waals surface area contributed by atoms with Crippen LogP contribution in [0.1, 0.15) is 64.1 Å². The fourth-order valence-electron chi connectivity index (χ4n) is 6.51. The summed E-state index contributed by atoms with van der Waals surface area (Å²) in [5, 5.41) is 11.1. The fraction of sp³-hybridized carbons (Fsp3) is 0.824. The van der Waals surface area contributed by atoms with Crippen LogP contribution in [0.3, 0.4) is 0 Å². The molecule has 1 atom stereocenters. The quantitative estimate of drug-likeness (QED) is 0.0628. The minimum absolute atomic E-state index is 0.250. The third-order valence-electron chi connectivity index (χ3n) is 9.29. The first-order valence-corrected chi connectivity index (χ1v) is 32.1. The van der Waals surface area contributed by atoms with Crippen LogP contribution in [0.25, 0.3) is 0 Å². The summed E-state index contributed by atoms with van der Waals surface area (Å²) in [6.07, 6.45) is 3.18. The van der Waals surface area contributed by atoms with Gasteiger partial charge >= 0.3 is 25.7 Å². The highest BCUT2D eigenvalue weighted by Gasteiger charge is 2.39. The van der Waals surface area contributed by atoms with Crippen molar-refractivity contribution in [3.63, 3.8) is 0 Å². The van der Waals surface area contributed by atoms with Crippen molar-refractivity contribution in [2.75, 3.05) is 53.7 Å². The average Bonchev–Trinajstić information content (AvgIpc) is 3.03. The monoisotopic (exact) mass is 772 g/mol. The van der Waals surface area contributed by atoms with Crippen molar-refractivity contribution in [2.45, 2.75) is 129 Å². The zero-order valence-electron chi connectivity index (χ0n) is 33.2. The van der Waals surface area contributed by atoms with E-state index in [2.05, 4.69) is 103 Å². The molecule has 0 heterocycles. The molecule has 0 amide bonds. The molecule has 1 aromatic rings. The lowest BCUT2D eigenvalue weighted by Crippen LogP contribution is -2.50. The van der Waals surface area contributed by atoms with Crippen LogP contribution in [0.5, 0.6) is 0 Å². The topological polar surface area (TPSA) is 79.4 Å². The second kappa shape index (κ2) is 23.7. The molecule has 0 spiro atoms. The van der Waals surface area contributed by atoms with E-state index in [-0.39, 0.29) is 11.3 Å². The zero-order valence-corrected chi connectivity index (χ0v) is 39.2. The molecular weight excluding hydrogens is 701 g/mol. The SMILES string of the molecule is CCO[Si](C)(CCCNC(NCCC[Si](C)(OCC)OCC)[Si]CCc1c(C(C)[Si](C)(OC)OC)ccc([Si](C)C)c1[Si](C)C)OCC. The minimum Gasteiger partial charge on any atom is -0.397 e. The summed E-state index contributed by atoms with van der Waals surface area (Å²) in [5.41, 5.74) is 3.27. The van der Waals surface area contributed by atoms with Crippen LogP contribution in [0.15, 0.2) is 12.1 Å². The number of hydrogen-bond acceptors (Lipinski definition) is 8. The van der Waals surface area contributed by atoms with Crippen LogP contribution in [0.2, 0.25) is 64.0 Å². The van der Waals surface area contributed by atoms with Gasteiger partial charge in [-0.05, 0) is 103 Å². The Hall–Kier alpha value is 0.201. The van der Waals surface area contributed by atoms with Gasteiger partial charge in [0.25, 0.3) is 0 Å². The first-order chi connectivity index (χ1) is 22.7. The van der Waals surface area contributed by atoms with Crippen LogP contribution in [0.4, 0.5) is 0 Å². The Kier molecular flexibility index (Phi) is 22.8. The summed E-state index contributed by atoms with van der Waals surface area (Å²) < 4.78 is 36.6. The second-order valence-corrected chi connectivity index (χ2v) is 30.4. The van der Waals surface area contributed by atoms with Crippen molar-refractivity contribution >= 4 is 63.2 Å². The van der Waals surface area contributed by atoms with Gasteiger partial charge in [-0.25, -0.2) is 0 Å². The third-order valence-corrected chi connectivity index (χ3v) is 23.6. The molecule has 1 rings (SSSR count). The molecule has 48 heavy (non-hydrogen) atoms. The van der Waals surface area contributed by atoms with E-state index in [4.69, 9.17) is 26.6 Å². The van der Waals surface area contributed by atoms with Crippen LogP contribution >= 0.6 is 0 Å². The van der Waals surface area contributed by atoms with Crippen molar-refractivity contribution in [3.05, 3.63) is 23.3 Å². The molecule has 0 aliphatic heterocycles. The van der Waals surface area contributed by atoms with Gasteiger partial charge in [-0.15, -0.1) is 0 Å². The predicted octanol–water partition coefficient (Wildman–Crippen LogP) is 5.81. The smallest absolute Gasteiger partial charge is 0.341 e. The summed E-state index contributed by atoms with van der Waals surface area (Å²) in [6, 6.07) is 7.99. The molecule has 278 valence electrons. The lowest BCUT2D eigenvalue weighted by atomic mass is 10.0. The largest absolute Gasteiger partial charge is 0.397 e. The predicted molar refractivity (Wildman–Crippen MR) is 217 cm³/mol. The number of hydrogen-bond donors (Lipinski definition) is 2. The molecule has 0 fully saturated rings. The average molecular weight is 773 g/mol. The van der Waals surface area contributed by atoms with Crippen molar-refractivity contribution in [2.24, 2.45) is 0 Å². The van der Waals surface area contributed by atoms with E-state index in [9.17, 15) is 0 Å². The van der Waals surface area contributed by atoms with Crippen molar-refractivity contribution in [1.82, 2.24) is 10.6 Å². The van der Waals surface area contributed by atoms with Gasteiger partial charge in [0.15, 0.2) is 0 Å². The van der Waals surface area contributed by atoms with E-state index in [1.165, 1.54) is 5.56 Å². The molecule has 8 nitrogen and oxygen atoms in total. The maximum atomic E-state index is 6.11. The highest BCUT2D eigenvalue weighted by Crippen LogP contribution is 2.30. The standard InChI is InChI=1S/C34H72N2O6Si6/c1-15-39-46(12,40-16-2)27-19-24-35-34(36-25-20-28-47(13,41-17-3)42-18-4)43-26-23-31-30(29(5)48(14,37-6)38-7)21-22-32(44(8)9)33(31)45(10)11/h21-22,29,34-36H,15-20,23-28H2,1-14H3. The summed E-state index contributed by atoms with van der Waals surface area (Å²) in [6.45, 7) is 31.8. The Labute approximate surface area is 305 Å². The first-order valence-electron chi connectivity index (χ1n) is 18.3. The van der Waals surface area contributed by atoms with Crippen LogP contribution < -0.4 is 21.0 Å². The summed E-state index contributed by atoms with van der Waals surface area (Å²) in [5.74, 6) is 0.263. The van der Waals surface area contributed by atoms with Gasteiger partial charge in [0.1, 0.15) is 0 Å². The lowest BCUT2D eigenvalue weighted by Gasteiger charge is -2.33. The molecule has 2 N–H and O–H groups in total. The molecule has 0 aromatic heterocycles. The van der Waals surface area contributed by atoms with Crippen molar-refractivity contribution in [1.29, 1.82) is 0 Å². The molecule has 14 heteroatoms. The van der Waals surface area contributed by atoms with Crippen molar-refractivity contribution < 1.29 is 26.6 Å². The zero-order chi connectivity index (χ0) is 36.4. The van der Waals surface area contributed by atoms with Gasteiger partial charge in [0, 0.05) is 52.0 Å². The van der Waals surface area contributed by atoms with Crippen LogP contribution in [-0.4, -0.2) is 112 Å². The molecule has 1 unspecified atom stereocenters. The first kappa shape index (κ1) is 46.2. The molecule has 0 aliphatic rings. The summed E-state index contributed by atoms with van der Waals surface area (Å²) in [4.78, 5) is 0.